The van der Waals surface area contributed by atoms with E-state index >= 15 is 0 Å². The Labute approximate surface area is 142 Å². The van der Waals surface area contributed by atoms with Crippen LogP contribution in [0.1, 0.15) is 28.4 Å². The van der Waals surface area contributed by atoms with Gasteiger partial charge in [0.1, 0.15) is 0 Å². The molecule has 0 aliphatic rings. The molecule has 0 aromatic heterocycles. The van der Waals surface area contributed by atoms with Gasteiger partial charge in [0.05, 0.1) is 11.1 Å². The van der Waals surface area contributed by atoms with Crippen LogP contribution >= 0.6 is 0 Å². The highest BCUT2D eigenvalue weighted by atomic mass is 19.4. The third-order valence-corrected chi connectivity index (χ3v) is 3.39. The number of carbonyl (C=O) groups is 2. The predicted octanol–water partition coefficient (Wildman–Crippen LogP) is 4.20. The molecule has 1 N–H and O–H groups in total. The zero-order valence-electron chi connectivity index (χ0n) is 13.6. The van der Waals surface area contributed by atoms with Gasteiger partial charge in [0.25, 0.3) is 5.91 Å². The first-order chi connectivity index (χ1) is 11.7. The van der Waals surface area contributed by atoms with E-state index in [0.29, 0.717) is 5.69 Å². The van der Waals surface area contributed by atoms with Crippen LogP contribution in [0.3, 0.4) is 0 Å². The summed E-state index contributed by atoms with van der Waals surface area (Å²) >= 11 is 0. The lowest BCUT2D eigenvalue weighted by Crippen LogP contribution is -2.30. The van der Waals surface area contributed by atoms with Crippen LogP contribution in [-0.4, -0.2) is 18.0 Å². The standard InChI is InChI=1S/C18H16F3NO3/c1-11-4-3-5-15(10-11)22-16(23)12(2)25-17(24)13-6-8-14(9-7-13)18(19,20)21/h3-10,12H,1-2H3,(H,22,23)/t12-/m1/s1. The van der Waals surface area contributed by atoms with E-state index in [1.807, 2.05) is 13.0 Å². The highest BCUT2D eigenvalue weighted by Gasteiger charge is 2.30. The number of rotatable bonds is 4. The molecule has 4 nitrogen and oxygen atoms in total. The largest absolute Gasteiger partial charge is 0.449 e. The van der Waals surface area contributed by atoms with Crippen molar-refractivity contribution in [1.82, 2.24) is 0 Å². The molecule has 0 saturated carbocycles. The minimum atomic E-state index is -4.48. The third-order valence-electron chi connectivity index (χ3n) is 3.39. The van der Waals surface area contributed by atoms with Crippen molar-refractivity contribution in [1.29, 1.82) is 0 Å². The molecule has 2 rings (SSSR count). The molecular formula is C18H16F3NO3. The zero-order valence-corrected chi connectivity index (χ0v) is 13.6. The number of anilines is 1. The summed E-state index contributed by atoms with van der Waals surface area (Å²) in [5.41, 5.74) is 0.576. The van der Waals surface area contributed by atoms with Gasteiger partial charge < -0.3 is 10.1 Å². The molecule has 0 heterocycles. The first-order valence-corrected chi connectivity index (χ1v) is 7.42. The third kappa shape index (κ3) is 5.07. The number of alkyl halides is 3. The van der Waals surface area contributed by atoms with Crippen LogP contribution in [0.15, 0.2) is 48.5 Å². The fourth-order valence-electron chi connectivity index (χ4n) is 2.04. The maximum absolute atomic E-state index is 12.5. The molecule has 25 heavy (non-hydrogen) atoms. The Kier molecular flexibility index (Phi) is 5.46. The molecule has 2 aromatic rings. The monoisotopic (exact) mass is 351 g/mol. The van der Waals surface area contributed by atoms with Gasteiger partial charge in [-0.25, -0.2) is 4.79 Å². The molecule has 0 saturated heterocycles. The quantitative estimate of drug-likeness (QED) is 0.840. The average Bonchev–Trinajstić information content (AvgIpc) is 2.54. The van der Waals surface area contributed by atoms with Gasteiger partial charge >= 0.3 is 12.1 Å². The van der Waals surface area contributed by atoms with E-state index in [9.17, 15) is 22.8 Å². The van der Waals surface area contributed by atoms with E-state index < -0.39 is 29.7 Å². The molecule has 1 atom stereocenters. The summed E-state index contributed by atoms with van der Waals surface area (Å²) in [7, 11) is 0. The summed E-state index contributed by atoms with van der Waals surface area (Å²) in [5, 5.41) is 2.60. The lowest BCUT2D eigenvalue weighted by atomic mass is 10.1. The van der Waals surface area contributed by atoms with Crippen molar-refractivity contribution in [3.63, 3.8) is 0 Å². The van der Waals surface area contributed by atoms with Crippen molar-refractivity contribution in [2.75, 3.05) is 5.32 Å². The minimum Gasteiger partial charge on any atom is -0.449 e. The Balaban J connectivity index is 1.98. The number of halogens is 3. The normalized spacial score (nSPS) is 12.4. The van der Waals surface area contributed by atoms with Crippen LogP contribution in [0.5, 0.6) is 0 Å². The first-order valence-electron chi connectivity index (χ1n) is 7.42. The van der Waals surface area contributed by atoms with Crippen molar-refractivity contribution >= 4 is 17.6 Å². The molecule has 0 spiro atoms. The van der Waals surface area contributed by atoms with Gasteiger partial charge in [-0.15, -0.1) is 0 Å². The van der Waals surface area contributed by atoms with E-state index in [0.717, 1.165) is 29.8 Å². The molecule has 7 heteroatoms. The Bertz CT molecular complexity index is 770. The average molecular weight is 351 g/mol. The van der Waals surface area contributed by atoms with Gasteiger partial charge in [-0.3, -0.25) is 4.79 Å². The summed E-state index contributed by atoms with van der Waals surface area (Å²) < 4.78 is 42.5. The number of hydrogen-bond acceptors (Lipinski definition) is 3. The predicted molar refractivity (Wildman–Crippen MR) is 86.1 cm³/mol. The molecule has 0 unspecified atom stereocenters. The number of hydrogen-bond donors (Lipinski definition) is 1. The van der Waals surface area contributed by atoms with E-state index in [4.69, 9.17) is 4.74 Å². The van der Waals surface area contributed by atoms with Crippen LogP contribution in [0, 0.1) is 6.92 Å². The summed E-state index contributed by atoms with van der Waals surface area (Å²) in [6.07, 6.45) is -5.58. The van der Waals surface area contributed by atoms with E-state index in [1.165, 1.54) is 6.92 Å². The van der Waals surface area contributed by atoms with Gasteiger partial charge in [-0.2, -0.15) is 13.2 Å². The first kappa shape index (κ1) is 18.5. The van der Waals surface area contributed by atoms with Crippen LogP contribution in [0.4, 0.5) is 18.9 Å². The number of benzene rings is 2. The van der Waals surface area contributed by atoms with E-state index in [-0.39, 0.29) is 5.56 Å². The summed E-state index contributed by atoms with van der Waals surface area (Å²) in [4.78, 5) is 24.0. The SMILES string of the molecule is Cc1cccc(NC(=O)[C@@H](C)OC(=O)c2ccc(C(F)(F)F)cc2)c1. The number of ether oxygens (including phenoxy) is 1. The topological polar surface area (TPSA) is 55.4 Å². The smallest absolute Gasteiger partial charge is 0.416 e. The highest BCUT2D eigenvalue weighted by molar-refractivity contribution is 5.97. The van der Waals surface area contributed by atoms with Crippen molar-refractivity contribution in [3.8, 4) is 0 Å². The number of carbonyl (C=O) groups excluding carboxylic acids is 2. The molecular weight excluding hydrogens is 335 g/mol. The van der Waals surface area contributed by atoms with Gasteiger partial charge in [0, 0.05) is 5.69 Å². The number of aryl methyl sites for hydroxylation is 1. The molecule has 0 radical (unpaired) electrons. The maximum atomic E-state index is 12.5. The zero-order chi connectivity index (χ0) is 18.6. The van der Waals surface area contributed by atoms with Gasteiger partial charge in [0.15, 0.2) is 6.10 Å². The molecule has 2 aromatic carbocycles. The molecule has 0 fully saturated rings. The Morgan fingerprint density at radius 3 is 2.28 bits per heavy atom. The van der Waals surface area contributed by atoms with Gasteiger partial charge in [-0.1, -0.05) is 12.1 Å². The van der Waals surface area contributed by atoms with Crippen LogP contribution in [0.2, 0.25) is 0 Å². The van der Waals surface area contributed by atoms with Crippen LogP contribution in [0.25, 0.3) is 0 Å². The Morgan fingerprint density at radius 1 is 1.08 bits per heavy atom. The molecule has 0 aliphatic heterocycles. The van der Waals surface area contributed by atoms with Gasteiger partial charge in [0.2, 0.25) is 0 Å². The fourth-order valence-corrected chi connectivity index (χ4v) is 2.04. The van der Waals surface area contributed by atoms with Crippen molar-refractivity contribution < 1.29 is 27.5 Å². The number of nitrogens with one attached hydrogen (secondary N) is 1. The second kappa shape index (κ2) is 7.38. The van der Waals surface area contributed by atoms with E-state index in [2.05, 4.69) is 5.32 Å². The molecule has 132 valence electrons. The Hall–Kier alpha value is -2.83. The van der Waals surface area contributed by atoms with Crippen molar-refractivity contribution in [2.45, 2.75) is 26.1 Å². The molecule has 1 amide bonds. The van der Waals surface area contributed by atoms with Gasteiger partial charge in [-0.05, 0) is 55.8 Å². The summed E-state index contributed by atoms with van der Waals surface area (Å²) in [5.74, 6) is -1.41. The summed E-state index contributed by atoms with van der Waals surface area (Å²) in [6, 6.07) is 10.7. The number of amides is 1. The second-order valence-corrected chi connectivity index (χ2v) is 5.48. The van der Waals surface area contributed by atoms with Crippen LogP contribution < -0.4 is 5.32 Å². The van der Waals surface area contributed by atoms with Crippen LogP contribution in [-0.2, 0) is 15.7 Å². The van der Waals surface area contributed by atoms with E-state index in [1.54, 1.807) is 18.2 Å². The lowest BCUT2D eigenvalue weighted by molar-refractivity contribution is -0.137. The number of esters is 1. The second-order valence-electron chi connectivity index (χ2n) is 5.48. The molecule has 0 aliphatic carbocycles. The minimum absolute atomic E-state index is 0.0665. The van der Waals surface area contributed by atoms with Crippen molar-refractivity contribution in [3.05, 3.63) is 65.2 Å². The molecule has 0 bridgehead atoms. The Morgan fingerprint density at radius 2 is 1.72 bits per heavy atom. The van der Waals surface area contributed by atoms with Crippen molar-refractivity contribution in [2.24, 2.45) is 0 Å². The maximum Gasteiger partial charge on any atom is 0.416 e. The fraction of sp³-hybridized carbons (Fsp3) is 0.222. The summed E-state index contributed by atoms with van der Waals surface area (Å²) in [6.45, 7) is 3.25. The highest BCUT2D eigenvalue weighted by Crippen LogP contribution is 2.29. The lowest BCUT2D eigenvalue weighted by Gasteiger charge is -2.14.